The summed E-state index contributed by atoms with van der Waals surface area (Å²) in [6.07, 6.45) is 0. The van der Waals surface area contributed by atoms with Crippen molar-refractivity contribution >= 4 is 43.6 Å². The summed E-state index contributed by atoms with van der Waals surface area (Å²) in [6, 6.07) is 79.4. The van der Waals surface area contributed by atoms with Gasteiger partial charge in [0.1, 0.15) is 0 Å². The molecule has 0 atom stereocenters. The molecule has 0 unspecified atom stereocenters. The topological polar surface area (TPSA) is 9.86 Å². The molecule has 0 aliphatic carbocycles. The van der Waals surface area contributed by atoms with Crippen LogP contribution in [0.3, 0.4) is 0 Å². The Labute approximate surface area is 325 Å². The van der Waals surface area contributed by atoms with Crippen LogP contribution in [0.15, 0.2) is 218 Å². The van der Waals surface area contributed by atoms with E-state index in [1.54, 1.807) is 0 Å². The molecular formula is C54H36N2. The van der Waals surface area contributed by atoms with Crippen molar-refractivity contribution < 1.29 is 0 Å². The lowest BCUT2D eigenvalue weighted by atomic mass is 10.0. The van der Waals surface area contributed by atoms with E-state index in [0.29, 0.717) is 0 Å². The molecule has 0 fully saturated rings. The van der Waals surface area contributed by atoms with E-state index in [9.17, 15) is 0 Å². The summed E-state index contributed by atoms with van der Waals surface area (Å²) in [6.45, 7) is 0. The molecule has 2 heteroatoms. The average molecular weight is 713 g/mol. The normalized spacial score (nSPS) is 11.6. The highest BCUT2D eigenvalue weighted by Crippen LogP contribution is 2.39. The molecule has 2 heterocycles. The minimum atomic E-state index is 1.14. The first-order valence-corrected chi connectivity index (χ1v) is 19.3. The van der Waals surface area contributed by atoms with E-state index < -0.39 is 0 Å². The fraction of sp³-hybridized carbons (Fsp3) is 0. The van der Waals surface area contributed by atoms with E-state index in [0.717, 1.165) is 11.4 Å². The highest BCUT2D eigenvalue weighted by atomic mass is 15.0. The standard InChI is InChI=1S/C54H36N2/c1-4-13-37(14-5-1)40-23-28-45(29-24-40)55-51-22-11-10-21-47(51)48-30-25-44(36-54(48)55)41-19-12-20-46(33-41)56-52-31-26-42(38-15-6-2-7-16-38)34-49(52)50-35-43(27-32-53(50)56)39-17-8-3-9-18-39/h1-36H. The van der Waals surface area contributed by atoms with Crippen LogP contribution in [0.25, 0.3) is 99.5 Å². The predicted molar refractivity (Wildman–Crippen MR) is 237 cm³/mol. The second kappa shape index (κ2) is 13.2. The van der Waals surface area contributed by atoms with Gasteiger partial charge in [-0.15, -0.1) is 0 Å². The lowest BCUT2D eigenvalue weighted by Crippen LogP contribution is -1.95. The molecule has 0 aliphatic rings. The van der Waals surface area contributed by atoms with E-state index in [1.165, 1.54) is 88.1 Å². The van der Waals surface area contributed by atoms with Gasteiger partial charge < -0.3 is 9.13 Å². The Balaban J connectivity index is 1.07. The fourth-order valence-corrected chi connectivity index (χ4v) is 8.61. The third-order valence-electron chi connectivity index (χ3n) is 11.3. The van der Waals surface area contributed by atoms with Gasteiger partial charge >= 0.3 is 0 Å². The fourth-order valence-electron chi connectivity index (χ4n) is 8.61. The maximum atomic E-state index is 2.43. The van der Waals surface area contributed by atoms with Crippen LogP contribution in [-0.2, 0) is 0 Å². The van der Waals surface area contributed by atoms with Crippen LogP contribution in [0.1, 0.15) is 0 Å². The van der Waals surface area contributed by atoms with Crippen LogP contribution in [0.2, 0.25) is 0 Å². The SMILES string of the molecule is c1ccc(-c2ccc(-n3c4ccccc4c4ccc(-c5cccc(-n6c7ccc(-c8ccccc8)cc7c7cc(-c8ccccc8)ccc76)c5)cc43)cc2)cc1. The van der Waals surface area contributed by atoms with Gasteiger partial charge in [-0.2, -0.15) is 0 Å². The molecule has 0 radical (unpaired) electrons. The summed E-state index contributed by atoms with van der Waals surface area (Å²) < 4.78 is 4.84. The number of aromatic nitrogens is 2. The number of nitrogens with zero attached hydrogens (tertiary/aromatic N) is 2. The molecule has 9 aromatic carbocycles. The van der Waals surface area contributed by atoms with Crippen molar-refractivity contribution in [2.75, 3.05) is 0 Å². The first kappa shape index (κ1) is 32.0. The van der Waals surface area contributed by atoms with Gasteiger partial charge in [0.15, 0.2) is 0 Å². The van der Waals surface area contributed by atoms with Gasteiger partial charge in [0.05, 0.1) is 22.1 Å². The zero-order chi connectivity index (χ0) is 37.0. The summed E-state index contributed by atoms with van der Waals surface area (Å²) >= 11 is 0. The van der Waals surface area contributed by atoms with Gasteiger partial charge in [0.2, 0.25) is 0 Å². The molecule has 0 saturated heterocycles. The molecule has 2 aromatic heterocycles. The molecule has 56 heavy (non-hydrogen) atoms. The predicted octanol–water partition coefficient (Wildman–Crippen LogP) is 14.5. The van der Waals surface area contributed by atoms with Crippen molar-refractivity contribution in [1.29, 1.82) is 0 Å². The van der Waals surface area contributed by atoms with Gasteiger partial charge in [0, 0.05) is 32.9 Å². The zero-order valence-electron chi connectivity index (χ0n) is 30.7. The first-order valence-electron chi connectivity index (χ1n) is 19.3. The molecule has 0 bridgehead atoms. The second-order valence-electron chi connectivity index (χ2n) is 14.6. The van der Waals surface area contributed by atoms with Gasteiger partial charge in [-0.1, -0.05) is 158 Å². The summed E-state index contributed by atoms with van der Waals surface area (Å²) in [7, 11) is 0. The van der Waals surface area contributed by atoms with Crippen molar-refractivity contribution in [3.05, 3.63) is 218 Å². The number of fused-ring (bicyclic) bond motifs is 6. The largest absolute Gasteiger partial charge is 0.309 e. The van der Waals surface area contributed by atoms with Crippen LogP contribution in [0, 0.1) is 0 Å². The molecule has 11 aromatic rings. The van der Waals surface area contributed by atoms with Crippen LogP contribution < -0.4 is 0 Å². The van der Waals surface area contributed by atoms with Gasteiger partial charge in [-0.25, -0.2) is 0 Å². The Hall–Kier alpha value is -7.42. The number of benzene rings is 9. The molecule has 0 saturated carbocycles. The van der Waals surface area contributed by atoms with Crippen molar-refractivity contribution in [3.8, 4) is 55.9 Å². The summed E-state index contributed by atoms with van der Waals surface area (Å²) in [5.74, 6) is 0. The number of hydrogen-bond donors (Lipinski definition) is 0. The number of hydrogen-bond acceptors (Lipinski definition) is 0. The monoisotopic (exact) mass is 712 g/mol. The van der Waals surface area contributed by atoms with E-state index in [4.69, 9.17) is 0 Å². The summed E-state index contributed by atoms with van der Waals surface area (Å²) in [4.78, 5) is 0. The molecule has 262 valence electrons. The number of rotatable bonds is 6. The zero-order valence-corrected chi connectivity index (χ0v) is 30.7. The molecule has 11 rings (SSSR count). The Morgan fingerprint density at radius 3 is 1.23 bits per heavy atom. The third kappa shape index (κ3) is 5.34. The van der Waals surface area contributed by atoms with Crippen molar-refractivity contribution in [2.45, 2.75) is 0 Å². The lowest BCUT2D eigenvalue weighted by molar-refractivity contribution is 1.18. The minimum Gasteiger partial charge on any atom is -0.309 e. The van der Waals surface area contributed by atoms with Crippen LogP contribution >= 0.6 is 0 Å². The Morgan fingerprint density at radius 1 is 0.196 bits per heavy atom. The Kier molecular flexibility index (Phi) is 7.53. The second-order valence-corrected chi connectivity index (χ2v) is 14.6. The molecule has 0 spiro atoms. The Bertz CT molecular complexity index is 3110. The lowest BCUT2D eigenvalue weighted by Gasteiger charge is -2.12. The maximum absolute atomic E-state index is 2.43. The number of para-hydroxylation sites is 1. The average Bonchev–Trinajstić information content (AvgIpc) is 3.79. The van der Waals surface area contributed by atoms with Crippen molar-refractivity contribution in [3.63, 3.8) is 0 Å². The van der Waals surface area contributed by atoms with E-state index in [-0.39, 0.29) is 0 Å². The van der Waals surface area contributed by atoms with Crippen molar-refractivity contribution in [2.24, 2.45) is 0 Å². The van der Waals surface area contributed by atoms with Crippen LogP contribution in [0.5, 0.6) is 0 Å². The van der Waals surface area contributed by atoms with Crippen molar-refractivity contribution in [1.82, 2.24) is 9.13 Å². The van der Waals surface area contributed by atoms with Gasteiger partial charge in [0.25, 0.3) is 0 Å². The third-order valence-corrected chi connectivity index (χ3v) is 11.3. The van der Waals surface area contributed by atoms with E-state index >= 15 is 0 Å². The highest BCUT2D eigenvalue weighted by molar-refractivity contribution is 6.12. The van der Waals surface area contributed by atoms with E-state index in [2.05, 4.69) is 228 Å². The molecule has 0 amide bonds. The Morgan fingerprint density at radius 2 is 0.607 bits per heavy atom. The highest BCUT2D eigenvalue weighted by Gasteiger charge is 2.17. The minimum absolute atomic E-state index is 1.14. The smallest absolute Gasteiger partial charge is 0.0547 e. The summed E-state index contributed by atoms with van der Waals surface area (Å²) in [5, 5.41) is 4.99. The van der Waals surface area contributed by atoms with Crippen LogP contribution in [0.4, 0.5) is 0 Å². The first-order chi connectivity index (χ1) is 27.8. The molecule has 0 aliphatic heterocycles. The molecular weight excluding hydrogens is 677 g/mol. The maximum Gasteiger partial charge on any atom is 0.0547 e. The summed E-state index contributed by atoms with van der Waals surface area (Å²) in [5.41, 5.74) is 16.7. The van der Waals surface area contributed by atoms with Gasteiger partial charge in [-0.3, -0.25) is 0 Å². The van der Waals surface area contributed by atoms with Crippen LogP contribution in [-0.4, -0.2) is 9.13 Å². The van der Waals surface area contributed by atoms with Gasteiger partial charge in [-0.05, 0) is 105 Å². The van der Waals surface area contributed by atoms with E-state index in [1.807, 2.05) is 0 Å². The quantitative estimate of drug-likeness (QED) is 0.162. The molecule has 0 N–H and O–H groups in total. The molecule has 2 nitrogen and oxygen atoms in total.